The fourth-order valence-electron chi connectivity index (χ4n) is 1.92. The largest absolute Gasteiger partial charge is 0.390 e. The van der Waals surface area contributed by atoms with Crippen LogP contribution in [0.5, 0.6) is 0 Å². The van der Waals surface area contributed by atoms with Gasteiger partial charge in [0, 0.05) is 25.7 Å². The van der Waals surface area contributed by atoms with E-state index in [9.17, 15) is 9.90 Å². The highest BCUT2D eigenvalue weighted by Crippen LogP contribution is 2.08. The Morgan fingerprint density at radius 3 is 2.73 bits per heavy atom. The Balaban J connectivity index is 2.44. The zero-order valence-electron chi connectivity index (χ0n) is 9.49. The third-order valence-electron chi connectivity index (χ3n) is 2.75. The van der Waals surface area contributed by atoms with Crippen molar-refractivity contribution in [2.24, 2.45) is 0 Å². The Hall–Kier alpha value is -0.650. The van der Waals surface area contributed by atoms with E-state index in [2.05, 4.69) is 10.6 Å². The Bertz CT molecular complexity index is 211. The Labute approximate surface area is 90.8 Å². The summed E-state index contributed by atoms with van der Waals surface area (Å²) in [6.45, 7) is 7.09. The van der Waals surface area contributed by atoms with Gasteiger partial charge >= 0.3 is 0 Å². The van der Waals surface area contributed by atoms with Crippen LogP contribution in [0.1, 0.15) is 13.8 Å². The summed E-state index contributed by atoms with van der Waals surface area (Å²) in [6.07, 6.45) is -0.362. The van der Waals surface area contributed by atoms with E-state index >= 15 is 0 Å². The molecular formula is C10H21N3O2. The van der Waals surface area contributed by atoms with Gasteiger partial charge in [0.05, 0.1) is 12.6 Å². The van der Waals surface area contributed by atoms with Gasteiger partial charge in [-0.25, -0.2) is 0 Å². The number of β-amino-alcohol motifs (C(OH)–C–C–N with tert-alkyl or cyclic N) is 1. The minimum absolute atomic E-state index is 0.0263. The maximum absolute atomic E-state index is 11.4. The van der Waals surface area contributed by atoms with Crippen molar-refractivity contribution in [3.63, 3.8) is 0 Å². The van der Waals surface area contributed by atoms with Crippen LogP contribution in [0.4, 0.5) is 0 Å². The lowest BCUT2D eigenvalue weighted by atomic mass is 10.2. The minimum Gasteiger partial charge on any atom is -0.390 e. The van der Waals surface area contributed by atoms with Crippen molar-refractivity contribution >= 4 is 5.91 Å². The lowest BCUT2D eigenvalue weighted by Crippen LogP contribution is -2.47. The van der Waals surface area contributed by atoms with Crippen molar-refractivity contribution in [1.29, 1.82) is 0 Å². The number of nitrogens with zero attached hydrogens (tertiary/aromatic N) is 1. The highest BCUT2D eigenvalue weighted by molar-refractivity contribution is 5.77. The van der Waals surface area contributed by atoms with Crippen molar-refractivity contribution < 1.29 is 9.90 Å². The van der Waals surface area contributed by atoms with E-state index in [0.29, 0.717) is 19.6 Å². The molecule has 2 atom stereocenters. The van der Waals surface area contributed by atoms with Crippen molar-refractivity contribution in [2.45, 2.75) is 26.0 Å². The van der Waals surface area contributed by atoms with Crippen LogP contribution in [0.2, 0.25) is 0 Å². The molecular weight excluding hydrogens is 194 g/mol. The number of rotatable bonds is 5. The molecule has 1 aliphatic rings. The van der Waals surface area contributed by atoms with Crippen LogP contribution >= 0.6 is 0 Å². The highest BCUT2D eigenvalue weighted by atomic mass is 16.3. The van der Waals surface area contributed by atoms with E-state index < -0.39 is 0 Å². The third kappa shape index (κ3) is 3.44. The van der Waals surface area contributed by atoms with Crippen LogP contribution < -0.4 is 10.6 Å². The molecule has 2 unspecified atom stereocenters. The molecule has 1 saturated heterocycles. The molecule has 3 N–H and O–H groups in total. The first-order valence-electron chi connectivity index (χ1n) is 5.58. The first-order valence-corrected chi connectivity index (χ1v) is 5.58. The Morgan fingerprint density at radius 1 is 1.53 bits per heavy atom. The van der Waals surface area contributed by atoms with Crippen molar-refractivity contribution in [3.8, 4) is 0 Å². The van der Waals surface area contributed by atoms with Gasteiger partial charge < -0.3 is 15.7 Å². The normalized spacial score (nSPS) is 25.9. The van der Waals surface area contributed by atoms with Crippen molar-refractivity contribution in [3.05, 3.63) is 0 Å². The number of amides is 1. The average Bonchev–Trinajstić information content (AvgIpc) is 2.61. The van der Waals surface area contributed by atoms with E-state index in [4.69, 9.17) is 0 Å². The second kappa shape index (κ2) is 6.05. The average molecular weight is 215 g/mol. The quantitative estimate of drug-likeness (QED) is 0.538. The third-order valence-corrected chi connectivity index (χ3v) is 2.75. The molecule has 1 heterocycles. The molecule has 0 aromatic heterocycles. The summed E-state index contributed by atoms with van der Waals surface area (Å²) in [6, 6.07) is 0.0672. The van der Waals surface area contributed by atoms with Gasteiger partial charge in [-0.1, -0.05) is 6.92 Å². The topological polar surface area (TPSA) is 64.6 Å². The van der Waals surface area contributed by atoms with Crippen LogP contribution in [-0.2, 0) is 4.79 Å². The van der Waals surface area contributed by atoms with Gasteiger partial charge in [-0.2, -0.15) is 0 Å². The summed E-state index contributed by atoms with van der Waals surface area (Å²) >= 11 is 0. The molecule has 15 heavy (non-hydrogen) atoms. The maximum Gasteiger partial charge on any atom is 0.234 e. The predicted octanol–water partition coefficient (Wildman–Crippen LogP) is -1.22. The second-order valence-electron chi connectivity index (χ2n) is 3.81. The summed E-state index contributed by atoms with van der Waals surface area (Å²) in [5.41, 5.74) is 0. The van der Waals surface area contributed by atoms with E-state index in [1.807, 2.05) is 18.7 Å². The number of likely N-dealkylation sites (N-methyl/N-ethyl adjacent to an activating group) is 2. The van der Waals surface area contributed by atoms with E-state index in [1.54, 1.807) is 0 Å². The smallest absolute Gasteiger partial charge is 0.234 e. The molecule has 0 radical (unpaired) electrons. The molecule has 0 aliphatic carbocycles. The molecule has 5 nitrogen and oxygen atoms in total. The maximum atomic E-state index is 11.4. The molecule has 0 aromatic rings. The highest BCUT2D eigenvalue weighted by Gasteiger charge is 2.30. The van der Waals surface area contributed by atoms with Crippen molar-refractivity contribution in [2.75, 3.05) is 32.7 Å². The van der Waals surface area contributed by atoms with Gasteiger partial charge in [-0.15, -0.1) is 0 Å². The fourth-order valence-corrected chi connectivity index (χ4v) is 1.92. The summed E-state index contributed by atoms with van der Waals surface area (Å²) in [7, 11) is 0. The summed E-state index contributed by atoms with van der Waals surface area (Å²) < 4.78 is 0. The van der Waals surface area contributed by atoms with Crippen LogP contribution in [-0.4, -0.2) is 60.8 Å². The van der Waals surface area contributed by atoms with Gasteiger partial charge in [0.25, 0.3) is 0 Å². The lowest BCUT2D eigenvalue weighted by Gasteiger charge is -2.28. The molecule has 0 saturated carbocycles. The fraction of sp³-hybridized carbons (Fsp3) is 0.900. The van der Waals surface area contributed by atoms with E-state index in [0.717, 1.165) is 13.1 Å². The number of aliphatic hydroxyl groups is 1. The number of aliphatic hydroxyl groups excluding tert-OH is 1. The summed E-state index contributed by atoms with van der Waals surface area (Å²) in [5.74, 6) is 0.0263. The van der Waals surface area contributed by atoms with Gasteiger partial charge in [-0.3, -0.25) is 9.69 Å². The monoisotopic (exact) mass is 215 g/mol. The lowest BCUT2D eigenvalue weighted by molar-refractivity contribution is -0.123. The molecule has 0 bridgehead atoms. The summed E-state index contributed by atoms with van der Waals surface area (Å²) in [4.78, 5) is 13.4. The Kier molecular flexibility index (Phi) is 5.01. The zero-order chi connectivity index (χ0) is 11.3. The number of hydrogen-bond donors (Lipinski definition) is 3. The molecule has 0 aromatic carbocycles. The van der Waals surface area contributed by atoms with Gasteiger partial charge in [0.2, 0.25) is 5.91 Å². The molecule has 1 amide bonds. The van der Waals surface area contributed by atoms with Gasteiger partial charge in [0.1, 0.15) is 0 Å². The number of nitrogens with one attached hydrogen (secondary N) is 2. The number of carbonyl (C=O) groups excluding carboxylic acids is 1. The number of hydrogen-bond acceptors (Lipinski definition) is 4. The van der Waals surface area contributed by atoms with Crippen molar-refractivity contribution in [1.82, 2.24) is 15.5 Å². The first kappa shape index (κ1) is 12.4. The minimum atomic E-state index is -0.362. The van der Waals surface area contributed by atoms with Crippen LogP contribution in [0.3, 0.4) is 0 Å². The van der Waals surface area contributed by atoms with E-state index in [1.165, 1.54) is 0 Å². The summed E-state index contributed by atoms with van der Waals surface area (Å²) in [5, 5.41) is 15.6. The molecule has 1 rings (SSSR count). The Morgan fingerprint density at radius 2 is 2.27 bits per heavy atom. The molecule has 0 spiro atoms. The SMILES string of the molecule is CCNC(=O)CN(CC)C1CNCC1O. The van der Waals surface area contributed by atoms with Crippen LogP contribution in [0.15, 0.2) is 0 Å². The zero-order valence-corrected chi connectivity index (χ0v) is 9.49. The van der Waals surface area contributed by atoms with Gasteiger partial charge in [0.15, 0.2) is 0 Å². The molecule has 1 aliphatic heterocycles. The van der Waals surface area contributed by atoms with E-state index in [-0.39, 0.29) is 18.1 Å². The first-order chi connectivity index (χ1) is 7.19. The number of carbonyl (C=O) groups is 1. The van der Waals surface area contributed by atoms with Crippen LogP contribution in [0, 0.1) is 0 Å². The molecule has 88 valence electrons. The standard InChI is InChI=1S/C10H21N3O2/c1-3-12-10(15)7-13(4-2)8-5-11-6-9(8)14/h8-9,11,14H,3-7H2,1-2H3,(H,12,15). The molecule has 5 heteroatoms. The predicted molar refractivity (Wildman–Crippen MR) is 58.6 cm³/mol. The van der Waals surface area contributed by atoms with Crippen LogP contribution in [0.25, 0.3) is 0 Å². The second-order valence-corrected chi connectivity index (χ2v) is 3.81. The molecule has 1 fully saturated rings. The van der Waals surface area contributed by atoms with Gasteiger partial charge in [-0.05, 0) is 13.5 Å².